The van der Waals surface area contributed by atoms with E-state index in [2.05, 4.69) is 24.0 Å². The van der Waals surface area contributed by atoms with Crippen molar-refractivity contribution in [1.29, 1.82) is 0 Å². The second-order valence-electron chi connectivity index (χ2n) is 7.51. The normalized spacial score (nSPS) is 25.0. The zero-order valence-electron chi connectivity index (χ0n) is 16.0. The summed E-state index contributed by atoms with van der Waals surface area (Å²) in [6.45, 7) is 5.08. The molecule has 3 aliphatic rings. The van der Waals surface area contributed by atoms with Crippen molar-refractivity contribution in [2.45, 2.75) is 25.8 Å². The summed E-state index contributed by atoms with van der Waals surface area (Å²) in [5, 5.41) is 19.8. The molecule has 3 unspecified atom stereocenters. The second-order valence-corrected chi connectivity index (χ2v) is 7.51. The van der Waals surface area contributed by atoms with Crippen LogP contribution in [0.3, 0.4) is 0 Å². The van der Waals surface area contributed by atoms with E-state index < -0.39 is 0 Å². The van der Waals surface area contributed by atoms with Crippen LogP contribution in [0.2, 0.25) is 0 Å². The lowest BCUT2D eigenvalue weighted by Gasteiger charge is -2.44. The summed E-state index contributed by atoms with van der Waals surface area (Å²) in [6, 6.07) is 8.59. The van der Waals surface area contributed by atoms with Crippen LogP contribution in [-0.2, 0) is 0 Å². The summed E-state index contributed by atoms with van der Waals surface area (Å²) in [5.41, 5.74) is 5.24. The van der Waals surface area contributed by atoms with E-state index in [1.807, 2.05) is 18.3 Å². The Bertz CT molecular complexity index is 844. The summed E-state index contributed by atoms with van der Waals surface area (Å²) >= 11 is 0. The van der Waals surface area contributed by atoms with Gasteiger partial charge in [-0.2, -0.15) is 0 Å². The Balaban J connectivity index is 0.00000140. The first kappa shape index (κ1) is 22.9. The first-order valence-corrected chi connectivity index (χ1v) is 9.54. The zero-order chi connectivity index (χ0) is 18.1. The number of aliphatic hydroxyl groups excluding tert-OH is 2. The molecule has 1 aromatic carbocycles. The van der Waals surface area contributed by atoms with Crippen molar-refractivity contribution in [2.75, 3.05) is 32.9 Å². The Morgan fingerprint density at radius 1 is 1.25 bits per heavy atom. The molecule has 0 saturated carbocycles. The Hall–Kier alpha value is -1.37. The average molecular weight is 427 g/mol. The number of piperidine rings is 3. The fourth-order valence-electron chi connectivity index (χ4n) is 4.70. The van der Waals surface area contributed by atoms with Crippen LogP contribution in [0.25, 0.3) is 16.5 Å². The van der Waals surface area contributed by atoms with Crippen LogP contribution in [0.1, 0.15) is 25.3 Å². The van der Waals surface area contributed by atoms with Crippen LogP contribution in [0, 0.1) is 5.92 Å². The molecule has 7 heteroatoms. The van der Waals surface area contributed by atoms with E-state index in [1.165, 1.54) is 29.0 Å². The van der Waals surface area contributed by atoms with Gasteiger partial charge in [0.15, 0.2) is 6.20 Å². The maximum Gasteiger partial charge on any atom is 0.211 e. The van der Waals surface area contributed by atoms with E-state index in [1.54, 1.807) is 5.57 Å². The number of ether oxygens (including phenoxy) is 1. The quantitative estimate of drug-likeness (QED) is 0.446. The number of H-pyrrole nitrogens is 1. The number of hydrogen-bond acceptors (Lipinski definition) is 3. The van der Waals surface area contributed by atoms with Crippen molar-refractivity contribution in [3.63, 3.8) is 0 Å². The van der Waals surface area contributed by atoms with Gasteiger partial charge < -0.3 is 44.7 Å². The topological polar surface area (TPSA) is 68.3 Å². The average Bonchev–Trinajstić information content (AvgIpc) is 2.71. The molecule has 0 spiro atoms. The van der Waals surface area contributed by atoms with E-state index in [9.17, 15) is 5.11 Å². The van der Waals surface area contributed by atoms with Gasteiger partial charge in [-0.3, -0.25) is 0 Å². The molecule has 5 nitrogen and oxygen atoms in total. The number of halogens is 2. The predicted octanol–water partition coefficient (Wildman–Crippen LogP) is -5.52. The summed E-state index contributed by atoms with van der Waals surface area (Å²) in [5.74, 6) is 1.38. The molecule has 5 rings (SSSR count). The van der Waals surface area contributed by atoms with Gasteiger partial charge in [0.1, 0.15) is 18.4 Å². The maximum absolute atomic E-state index is 9.63. The lowest BCUT2D eigenvalue weighted by Crippen LogP contribution is -3.19. The number of aliphatic hydroxyl groups is 2. The molecule has 4 heterocycles. The number of quaternary nitrogens is 1. The van der Waals surface area contributed by atoms with Gasteiger partial charge in [0.25, 0.3) is 0 Å². The fraction of sp³-hybridized carbons (Fsp3) is 0.476. The number of fused-ring (bicyclic) bond motifs is 4. The molecule has 0 amide bonds. The van der Waals surface area contributed by atoms with Crippen LogP contribution in [0.5, 0.6) is 5.75 Å². The van der Waals surface area contributed by atoms with Gasteiger partial charge >= 0.3 is 0 Å². The highest BCUT2D eigenvalue weighted by Gasteiger charge is 2.40. The van der Waals surface area contributed by atoms with Crippen molar-refractivity contribution in [3.8, 4) is 5.75 Å². The largest absolute Gasteiger partial charge is 1.00 e. The fourth-order valence-corrected chi connectivity index (χ4v) is 4.70. The molecule has 4 N–H and O–H groups in total. The van der Waals surface area contributed by atoms with Gasteiger partial charge in [-0.1, -0.05) is 0 Å². The second kappa shape index (κ2) is 9.90. The first-order chi connectivity index (χ1) is 12.7. The molecule has 2 bridgehead atoms. The van der Waals surface area contributed by atoms with Gasteiger partial charge in [0, 0.05) is 25.0 Å². The third-order valence-electron chi connectivity index (χ3n) is 6.11. The molecular weight excluding hydrogens is 399 g/mol. The molecule has 2 aromatic rings. The lowest BCUT2D eigenvalue weighted by atomic mass is 9.77. The van der Waals surface area contributed by atoms with E-state index in [4.69, 9.17) is 9.84 Å². The summed E-state index contributed by atoms with van der Waals surface area (Å²) < 4.78 is 5.61. The van der Waals surface area contributed by atoms with Crippen LogP contribution < -0.4 is 39.4 Å². The third-order valence-corrected chi connectivity index (χ3v) is 6.11. The molecule has 28 heavy (non-hydrogen) atoms. The van der Waals surface area contributed by atoms with Crippen LogP contribution in [-0.4, -0.2) is 49.2 Å². The number of hydrogen-bond donors (Lipinski definition) is 3. The van der Waals surface area contributed by atoms with Crippen LogP contribution in [0.15, 0.2) is 36.0 Å². The van der Waals surface area contributed by atoms with Gasteiger partial charge in [-0.05, 0) is 41.7 Å². The molecule has 3 atom stereocenters. The Kier molecular flexibility index (Phi) is 8.10. The van der Waals surface area contributed by atoms with Gasteiger partial charge in [-0.15, -0.1) is 0 Å². The maximum atomic E-state index is 9.63. The number of allylic oxidation sites excluding steroid dienone is 1. The van der Waals surface area contributed by atoms with Gasteiger partial charge in [-0.25, -0.2) is 4.98 Å². The van der Waals surface area contributed by atoms with Crippen molar-refractivity contribution in [2.24, 2.45) is 5.92 Å². The Morgan fingerprint density at radius 3 is 2.75 bits per heavy atom. The number of nitrogens with one attached hydrogen (secondary N) is 2. The summed E-state index contributed by atoms with van der Waals surface area (Å²) in [7, 11) is 0. The highest BCUT2D eigenvalue weighted by Crippen LogP contribution is 2.34. The number of aromatic amines is 1. The summed E-state index contributed by atoms with van der Waals surface area (Å²) in [4.78, 5) is 4.85. The molecule has 0 aliphatic carbocycles. The van der Waals surface area contributed by atoms with E-state index >= 15 is 0 Å². The molecule has 3 saturated heterocycles. The van der Waals surface area contributed by atoms with E-state index in [-0.39, 0.29) is 31.4 Å². The molecular formula is C21H28Cl2N2O3. The molecule has 0 radical (unpaired) electrons. The van der Waals surface area contributed by atoms with E-state index in [0.717, 1.165) is 29.6 Å². The van der Waals surface area contributed by atoms with Gasteiger partial charge in [0.2, 0.25) is 5.52 Å². The number of benzene rings is 1. The number of pyridine rings is 1. The van der Waals surface area contributed by atoms with Crippen molar-refractivity contribution >= 4 is 16.5 Å². The van der Waals surface area contributed by atoms with Crippen LogP contribution in [0.4, 0.5) is 0 Å². The first-order valence-electron chi connectivity index (χ1n) is 9.54. The lowest BCUT2D eigenvalue weighted by molar-refractivity contribution is -0.935. The monoisotopic (exact) mass is 426 g/mol. The van der Waals surface area contributed by atoms with Crippen LogP contribution >= 0.6 is 0 Å². The van der Waals surface area contributed by atoms with Crippen molar-refractivity contribution < 1.29 is 49.6 Å². The molecule has 1 aromatic heterocycles. The number of aromatic nitrogens is 1. The molecule has 3 fully saturated rings. The molecule has 3 aliphatic heterocycles. The molecule has 154 valence electrons. The number of rotatable bonds is 5. The highest BCUT2D eigenvalue weighted by atomic mass is 35.5. The Morgan fingerprint density at radius 2 is 2.07 bits per heavy atom. The SMILES string of the molecule is C/C(=C1\C[NH+]2CCC1CC2CO)c1cc[nH+]c2ccc(OCCO)cc12.[Cl-].[Cl-]. The standard InChI is InChI=1S/C21H26N2O3.2ClH/c1-14(20-12-23-7-5-15(20)10-16(23)13-25)18-4-6-22-21-3-2-17(11-19(18)21)26-9-8-24;;/h2-4,6,11,15-16,24-25H,5,7-10,12-13H2,1H3;2*1H/b20-14-;;. The summed E-state index contributed by atoms with van der Waals surface area (Å²) in [6.07, 6.45) is 4.32. The predicted molar refractivity (Wildman–Crippen MR) is 100.0 cm³/mol. The van der Waals surface area contributed by atoms with Gasteiger partial charge in [0.05, 0.1) is 31.7 Å². The minimum absolute atomic E-state index is 0. The van der Waals surface area contributed by atoms with E-state index in [0.29, 0.717) is 25.2 Å². The smallest absolute Gasteiger partial charge is 0.211 e. The van der Waals surface area contributed by atoms with Crippen molar-refractivity contribution in [3.05, 3.63) is 41.6 Å². The van der Waals surface area contributed by atoms with Crippen molar-refractivity contribution in [1.82, 2.24) is 0 Å². The Labute approximate surface area is 178 Å². The minimum atomic E-state index is 0. The zero-order valence-corrected chi connectivity index (χ0v) is 17.6. The minimum Gasteiger partial charge on any atom is -1.00 e. The third kappa shape index (κ3) is 4.29. The highest BCUT2D eigenvalue weighted by molar-refractivity contribution is 5.91.